The topological polar surface area (TPSA) is 86.0 Å². The summed E-state index contributed by atoms with van der Waals surface area (Å²) in [7, 11) is 3.52. The Kier molecular flexibility index (Phi) is 4.29. The number of hydrogen-bond donors (Lipinski definition) is 3. The number of nitrogens with one attached hydrogen (secondary N) is 2. The molecular weight excluding hydrogens is 352 g/mol. The second-order valence-corrected chi connectivity index (χ2v) is 6.26. The van der Waals surface area contributed by atoms with E-state index in [1.807, 2.05) is 60.7 Å². The number of hydrazine groups is 1. The van der Waals surface area contributed by atoms with Crippen LogP contribution in [0.25, 0.3) is 0 Å². The molecule has 2 aliphatic heterocycles. The number of halogens is 1. The summed E-state index contributed by atoms with van der Waals surface area (Å²) in [5, 5.41) is 0. The molecule has 0 aromatic heterocycles. The van der Waals surface area contributed by atoms with E-state index >= 15 is 0 Å². The molecule has 2 aromatic rings. The van der Waals surface area contributed by atoms with Crippen LogP contribution in [0.3, 0.4) is 0 Å². The zero-order valence-electron chi connectivity index (χ0n) is 14.5. The number of amides is 2. The molecule has 1 saturated heterocycles. The van der Waals surface area contributed by atoms with Gasteiger partial charge in [-0.15, -0.1) is 0 Å². The van der Waals surface area contributed by atoms with Crippen LogP contribution in [0.2, 0.25) is 0 Å². The summed E-state index contributed by atoms with van der Waals surface area (Å²) >= 11 is 0. The molecule has 2 amide bonds. The van der Waals surface area contributed by atoms with Crippen molar-refractivity contribution in [2.45, 2.75) is 11.3 Å². The van der Waals surface area contributed by atoms with E-state index in [1.54, 1.807) is 23.9 Å². The monoisotopic (exact) mass is 371 g/mol. The molecule has 1 fully saturated rings. The first kappa shape index (κ1) is 18.0. The van der Waals surface area contributed by atoms with Crippen LogP contribution in [0.1, 0.15) is 11.1 Å². The van der Waals surface area contributed by atoms with Crippen LogP contribution in [0.5, 0.6) is 0 Å². The first-order chi connectivity index (χ1) is 12.0. The molecule has 8 heteroatoms. The normalized spacial score (nSPS) is 27.3. The Hall–Kier alpha value is -2.77. The van der Waals surface area contributed by atoms with Crippen molar-refractivity contribution >= 4 is 12.0 Å². The lowest BCUT2D eigenvalue weighted by molar-refractivity contribution is -0.00000915. The highest BCUT2D eigenvalue weighted by molar-refractivity contribution is 5.85. The van der Waals surface area contributed by atoms with Gasteiger partial charge in [0.05, 0.1) is 0 Å². The van der Waals surface area contributed by atoms with Crippen LogP contribution >= 0.6 is 0 Å². The molecule has 0 radical (unpaired) electrons. The molecule has 2 unspecified atom stereocenters. The average Bonchev–Trinajstić information content (AvgIpc) is 2.83. The number of carbonyl (C=O) groups is 1. The van der Waals surface area contributed by atoms with Crippen molar-refractivity contribution in [2.24, 2.45) is 10.7 Å². The molecule has 0 bridgehead atoms. The molecule has 0 spiro atoms. The predicted octanol–water partition coefficient (Wildman–Crippen LogP) is -1.88. The van der Waals surface area contributed by atoms with Crippen molar-refractivity contribution in [1.82, 2.24) is 20.7 Å². The van der Waals surface area contributed by atoms with Crippen LogP contribution in [0.4, 0.5) is 4.79 Å². The van der Waals surface area contributed by atoms with E-state index in [1.165, 1.54) is 0 Å². The highest BCUT2D eigenvalue weighted by Crippen LogP contribution is 2.53. The highest BCUT2D eigenvalue weighted by Gasteiger charge is 2.69. The first-order valence-electron chi connectivity index (χ1n) is 8.05. The summed E-state index contributed by atoms with van der Waals surface area (Å²) in [6, 6.07) is 19.4. The second kappa shape index (κ2) is 6.19. The average molecular weight is 372 g/mol. The van der Waals surface area contributed by atoms with Gasteiger partial charge in [-0.25, -0.2) is 15.2 Å². The zero-order chi connectivity index (χ0) is 17.7. The maximum absolute atomic E-state index is 13.0. The lowest BCUT2D eigenvalue weighted by Gasteiger charge is -2.49. The van der Waals surface area contributed by atoms with E-state index in [0.717, 1.165) is 11.1 Å². The fourth-order valence-electron chi connectivity index (χ4n) is 3.95. The standard InChI is InChI=1S/C18H20N6O.ClH/c1-23-16(25)24(2)18(14-11-7-4-8-12-14)17(23,20-15(19)21-22-18)13-9-5-3-6-10-13;/h3-12,22H,1-2H3,(H3,19,20,21);1H/p-1. The molecule has 2 atom stereocenters. The van der Waals surface area contributed by atoms with Crippen molar-refractivity contribution < 1.29 is 17.2 Å². The number of rotatable bonds is 2. The number of aliphatic imine (C=N–C) groups is 1. The Morgan fingerprint density at radius 2 is 1.46 bits per heavy atom. The molecule has 0 aliphatic carbocycles. The third kappa shape index (κ3) is 2.04. The zero-order valence-corrected chi connectivity index (χ0v) is 15.2. The van der Waals surface area contributed by atoms with Gasteiger partial charge >= 0.3 is 6.03 Å². The molecule has 2 aliphatic rings. The van der Waals surface area contributed by atoms with E-state index in [9.17, 15) is 4.79 Å². The molecule has 4 rings (SSSR count). The minimum atomic E-state index is -1.04. The van der Waals surface area contributed by atoms with Crippen molar-refractivity contribution in [3.8, 4) is 0 Å². The van der Waals surface area contributed by atoms with Gasteiger partial charge in [0.15, 0.2) is 5.66 Å². The number of nitrogens with zero attached hydrogens (tertiary/aromatic N) is 3. The number of urea groups is 1. The Labute approximate surface area is 158 Å². The van der Waals surface area contributed by atoms with E-state index in [-0.39, 0.29) is 24.4 Å². The van der Waals surface area contributed by atoms with Crippen LogP contribution in [0, 0.1) is 0 Å². The van der Waals surface area contributed by atoms with E-state index in [2.05, 4.69) is 10.9 Å². The summed E-state index contributed by atoms with van der Waals surface area (Å²) in [5.41, 5.74) is 12.0. The lowest BCUT2D eigenvalue weighted by atomic mass is 9.80. The molecule has 26 heavy (non-hydrogen) atoms. The fraction of sp³-hybridized carbons (Fsp3) is 0.222. The van der Waals surface area contributed by atoms with Gasteiger partial charge in [-0.1, -0.05) is 60.7 Å². The third-order valence-electron chi connectivity index (χ3n) is 5.09. The van der Waals surface area contributed by atoms with Gasteiger partial charge < -0.3 is 18.1 Å². The number of nitrogens with two attached hydrogens (primary N) is 1. The summed E-state index contributed by atoms with van der Waals surface area (Å²) in [5.74, 6) is 0.227. The van der Waals surface area contributed by atoms with Gasteiger partial charge in [0.1, 0.15) is 0 Å². The van der Waals surface area contributed by atoms with Crippen molar-refractivity contribution in [3.63, 3.8) is 0 Å². The third-order valence-corrected chi connectivity index (χ3v) is 5.09. The van der Waals surface area contributed by atoms with Gasteiger partial charge in [0.2, 0.25) is 11.6 Å². The van der Waals surface area contributed by atoms with Crippen molar-refractivity contribution in [2.75, 3.05) is 14.1 Å². The summed E-state index contributed by atoms with van der Waals surface area (Å²) < 4.78 is 0. The van der Waals surface area contributed by atoms with E-state index in [4.69, 9.17) is 10.7 Å². The summed E-state index contributed by atoms with van der Waals surface area (Å²) in [4.78, 5) is 21.1. The Morgan fingerprint density at radius 1 is 0.923 bits per heavy atom. The summed E-state index contributed by atoms with van der Waals surface area (Å²) in [6.45, 7) is 0. The largest absolute Gasteiger partial charge is 1.00 e. The Balaban J connectivity index is 0.00000196. The smallest absolute Gasteiger partial charge is 0.323 e. The van der Waals surface area contributed by atoms with Gasteiger partial charge in [0, 0.05) is 19.7 Å². The predicted molar refractivity (Wildman–Crippen MR) is 95.1 cm³/mol. The maximum Gasteiger partial charge on any atom is 0.323 e. The fourth-order valence-corrected chi connectivity index (χ4v) is 3.95. The molecular formula is C18H20ClN6O-. The van der Waals surface area contributed by atoms with Gasteiger partial charge in [-0.05, 0) is 5.56 Å². The van der Waals surface area contributed by atoms with E-state index < -0.39 is 11.3 Å². The number of benzene rings is 2. The quantitative estimate of drug-likeness (QED) is 0.576. The first-order valence-corrected chi connectivity index (χ1v) is 8.05. The van der Waals surface area contributed by atoms with Crippen molar-refractivity contribution in [1.29, 1.82) is 0 Å². The molecule has 136 valence electrons. The highest BCUT2D eigenvalue weighted by atomic mass is 35.5. The molecule has 2 aromatic carbocycles. The van der Waals surface area contributed by atoms with E-state index in [0.29, 0.717) is 0 Å². The number of fused-ring (bicyclic) bond motifs is 1. The summed E-state index contributed by atoms with van der Waals surface area (Å²) in [6.07, 6.45) is 0. The van der Waals surface area contributed by atoms with Crippen LogP contribution in [-0.2, 0) is 11.3 Å². The Morgan fingerprint density at radius 3 is 2.04 bits per heavy atom. The number of carbonyl (C=O) groups excluding carboxylic acids is 1. The van der Waals surface area contributed by atoms with Gasteiger partial charge in [-0.2, -0.15) is 0 Å². The molecule has 0 saturated carbocycles. The number of hydrogen-bond acceptors (Lipinski definition) is 5. The Bertz CT molecular complexity index is 845. The minimum Gasteiger partial charge on any atom is -1.00 e. The molecule has 2 heterocycles. The van der Waals surface area contributed by atoms with Gasteiger partial charge in [-0.3, -0.25) is 15.2 Å². The SMILES string of the molecule is CN1C(=O)N(C)C2(c3ccccc3)NNC(N)=NC12c1ccccc1.[Cl-]. The van der Waals surface area contributed by atoms with Crippen LogP contribution in [0.15, 0.2) is 65.7 Å². The number of likely N-dealkylation sites (N-methyl/N-ethyl adjacent to an activating group) is 2. The van der Waals surface area contributed by atoms with Crippen molar-refractivity contribution in [3.05, 3.63) is 71.8 Å². The lowest BCUT2D eigenvalue weighted by Crippen LogP contribution is -3.00. The van der Waals surface area contributed by atoms with Crippen LogP contribution < -0.4 is 29.0 Å². The minimum absolute atomic E-state index is 0. The number of guanidine groups is 1. The molecule has 4 N–H and O–H groups in total. The second-order valence-electron chi connectivity index (χ2n) is 6.26. The van der Waals surface area contributed by atoms with Crippen LogP contribution in [-0.4, -0.2) is 35.9 Å². The van der Waals surface area contributed by atoms with Gasteiger partial charge in [0.25, 0.3) is 0 Å². The molecule has 7 nitrogen and oxygen atoms in total. The maximum atomic E-state index is 13.0.